The molecule has 1 atom stereocenters. The fourth-order valence-corrected chi connectivity index (χ4v) is 5.43. The third kappa shape index (κ3) is 3.05. The van der Waals surface area contributed by atoms with E-state index in [0.29, 0.717) is 10.4 Å². The van der Waals surface area contributed by atoms with E-state index in [2.05, 4.69) is 9.88 Å². The summed E-state index contributed by atoms with van der Waals surface area (Å²) in [5.41, 5.74) is -0.494. The molecule has 24 heavy (non-hydrogen) atoms. The van der Waals surface area contributed by atoms with E-state index in [-0.39, 0.29) is 22.9 Å². The van der Waals surface area contributed by atoms with Gasteiger partial charge in [-0.25, -0.2) is 13.1 Å². The minimum atomic E-state index is -3.85. The molecule has 9 heteroatoms. The average Bonchev–Trinajstić information content (AvgIpc) is 3.27. The van der Waals surface area contributed by atoms with Crippen LogP contribution >= 0.6 is 22.7 Å². The van der Waals surface area contributed by atoms with Crippen LogP contribution in [0.4, 0.5) is 0 Å². The minimum Gasteiger partial charge on any atom is -0.378 e. The SMILES string of the molecule is Cc1noc(C)c1S(=O)(=O)NCC(O)(c1ccsc1)c1cccs1. The lowest BCUT2D eigenvalue weighted by molar-refractivity contribution is 0.0903. The Morgan fingerprint density at radius 3 is 2.67 bits per heavy atom. The number of aryl methyl sites for hydroxylation is 2. The molecule has 128 valence electrons. The Hall–Kier alpha value is -1.52. The number of rotatable bonds is 6. The van der Waals surface area contributed by atoms with Crippen molar-refractivity contribution in [2.75, 3.05) is 6.54 Å². The molecule has 3 rings (SSSR count). The highest BCUT2D eigenvalue weighted by Gasteiger charge is 2.36. The Kier molecular flexibility index (Phi) is 4.63. The smallest absolute Gasteiger partial charge is 0.246 e. The zero-order valence-corrected chi connectivity index (χ0v) is 15.5. The van der Waals surface area contributed by atoms with Gasteiger partial charge in [0.1, 0.15) is 16.2 Å². The van der Waals surface area contributed by atoms with Gasteiger partial charge in [-0.05, 0) is 42.1 Å². The summed E-state index contributed by atoms with van der Waals surface area (Å²) in [6, 6.07) is 5.39. The van der Waals surface area contributed by atoms with Crippen molar-refractivity contribution in [2.45, 2.75) is 24.3 Å². The highest BCUT2D eigenvalue weighted by Crippen LogP contribution is 2.34. The summed E-state index contributed by atoms with van der Waals surface area (Å²) < 4.78 is 32.6. The quantitative estimate of drug-likeness (QED) is 0.682. The number of aliphatic hydroxyl groups is 1. The third-order valence-electron chi connectivity index (χ3n) is 3.68. The van der Waals surface area contributed by atoms with E-state index >= 15 is 0 Å². The van der Waals surface area contributed by atoms with E-state index in [4.69, 9.17) is 4.52 Å². The van der Waals surface area contributed by atoms with Crippen molar-refractivity contribution in [1.82, 2.24) is 9.88 Å². The summed E-state index contributed by atoms with van der Waals surface area (Å²) in [6.45, 7) is 2.92. The van der Waals surface area contributed by atoms with Gasteiger partial charge in [0.2, 0.25) is 10.0 Å². The normalized spacial score (nSPS) is 14.6. The number of nitrogens with one attached hydrogen (secondary N) is 1. The highest BCUT2D eigenvalue weighted by atomic mass is 32.2. The molecule has 0 amide bonds. The molecular formula is C15H16N2O4S3. The standard InChI is InChI=1S/C15H16N2O4S3/c1-10-14(11(2)21-17-10)24(19,20)16-9-15(18,12-5-7-22-8-12)13-4-3-6-23-13/h3-8,16,18H,9H2,1-2H3. The van der Waals surface area contributed by atoms with Crippen LogP contribution in [-0.2, 0) is 15.6 Å². The van der Waals surface area contributed by atoms with Crippen LogP contribution in [0.3, 0.4) is 0 Å². The van der Waals surface area contributed by atoms with Crippen LogP contribution in [0, 0.1) is 13.8 Å². The van der Waals surface area contributed by atoms with Crippen molar-refractivity contribution >= 4 is 32.7 Å². The molecule has 6 nitrogen and oxygen atoms in total. The summed E-state index contributed by atoms with van der Waals surface area (Å²) in [7, 11) is -3.85. The van der Waals surface area contributed by atoms with E-state index in [1.807, 2.05) is 22.2 Å². The molecular weight excluding hydrogens is 368 g/mol. The maximum Gasteiger partial charge on any atom is 0.246 e. The maximum absolute atomic E-state index is 12.6. The van der Waals surface area contributed by atoms with Gasteiger partial charge >= 0.3 is 0 Å². The van der Waals surface area contributed by atoms with Crippen LogP contribution in [0.25, 0.3) is 0 Å². The van der Waals surface area contributed by atoms with Gasteiger partial charge in [-0.3, -0.25) is 0 Å². The molecule has 2 N–H and O–H groups in total. The van der Waals surface area contributed by atoms with Gasteiger partial charge < -0.3 is 9.63 Å². The third-order valence-corrected chi connectivity index (χ3v) is 7.03. The van der Waals surface area contributed by atoms with Crippen molar-refractivity contribution in [2.24, 2.45) is 0 Å². The molecule has 0 saturated heterocycles. The van der Waals surface area contributed by atoms with Gasteiger partial charge in [-0.2, -0.15) is 11.3 Å². The molecule has 0 aliphatic heterocycles. The number of thiophene rings is 2. The molecule has 3 aromatic heterocycles. The highest BCUT2D eigenvalue weighted by molar-refractivity contribution is 7.89. The molecule has 1 unspecified atom stereocenters. The van der Waals surface area contributed by atoms with Gasteiger partial charge in [0.15, 0.2) is 5.76 Å². The summed E-state index contributed by atoms with van der Waals surface area (Å²) in [4.78, 5) is 0.684. The van der Waals surface area contributed by atoms with Crippen LogP contribution in [-0.4, -0.2) is 25.2 Å². The monoisotopic (exact) mass is 384 g/mol. The molecule has 0 aliphatic rings. The van der Waals surface area contributed by atoms with E-state index < -0.39 is 15.6 Å². The lowest BCUT2D eigenvalue weighted by atomic mass is 9.95. The van der Waals surface area contributed by atoms with Crippen molar-refractivity contribution in [3.63, 3.8) is 0 Å². The number of sulfonamides is 1. The molecule has 0 aromatic carbocycles. The van der Waals surface area contributed by atoms with Crippen LogP contribution in [0.5, 0.6) is 0 Å². The molecule has 3 heterocycles. The second-order valence-corrected chi connectivity index (χ2v) is 8.76. The molecule has 0 radical (unpaired) electrons. The predicted octanol–water partition coefficient (Wildman–Crippen LogP) is 2.63. The van der Waals surface area contributed by atoms with Gasteiger partial charge in [0, 0.05) is 17.0 Å². The van der Waals surface area contributed by atoms with Crippen LogP contribution in [0.1, 0.15) is 21.9 Å². The Morgan fingerprint density at radius 1 is 1.33 bits per heavy atom. The molecule has 0 fully saturated rings. The van der Waals surface area contributed by atoms with E-state index in [9.17, 15) is 13.5 Å². The fraction of sp³-hybridized carbons (Fsp3) is 0.267. The number of hydrogen-bond donors (Lipinski definition) is 2. The molecule has 0 saturated carbocycles. The number of aromatic nitrogens is 1. The topological polar surface area (TPSA) is 92.4 Å². The van der Waals surface area contributed by atoms with Crippen molar-refractivity contribution in [1.29, 1.82) is 0 Å². The Labute approximate surface area is 147 Å². The Balaban J connectivity index is 1.93. The zero-order chi connectivity index (χ0) is 17.4. The summed E-state index contributed by atoms with van der Waals surface area (Å²) in [6.07, 6.45) is 0. The minimum absolute atomic E-state index is 0.0151. The first-order valence-corrected chi connectivity index (χ1v) is 10.4. The Morgan fingerprint density at radius 2 is 2.12 bits per heavy atom. The average molecular weight is 385 g/mol. The van der Waals surface area contributed by atoms with Crippen molar-refractivity contribution < 1.29 is 18.0 Å². The van der Waals surface area contributed by atoms with Crippen molar-refractivity contribution in [3.05, 3.63) is 56.2 Å². The first-order chi connectivity index (χ1) is 11.3. The molecule has 0 bridgehead atoms. The predicted molar refractivity (Wildman–Crippen MR) is 92.8 cm³/mol. The first kappa shape index (κ1) is 17.3. The number of hydrogen-bond acceptors (Lipinski definition) is 7. The summed E-state index contributed by atoms with van der Waals surface area (Å²) >= 11 is 2.81. The van der Waals surface area contributed by atoms with Crippen LogP contribution < -0.4 is 4.72 Å². The van der Waals surface area contributed by atoms with Crippen LogP contribution in [0.2, 0.25) is 0 Å². The van der Waals surface area contributed by atoms with Gasteiger partial charge in [-0.15, -0.1) is 11.3 Å². The molecule has 0 aliphatic carbocycles. The van der Waals surface area contributed by atoms with Gasteiger partial charge in [-0.1, -0.05) is 11.2 Å². The fourth-order valence-electron chi connectivity index (χ4n) is 2.48. The number of nitrogens with zero attached hydrogens (tertiary/aromatic N) is 1. The van der Waals surface area contributed by atoms with E-state index in [1.54, 1.807) is 26.0 Å². The summed E-state index contributed by atoms with van der Waals surface area (Å²) in [5.74, 6) is 0.218. The van der Waals surface area contributed by atoms with Crippen LogP contribution in [0.15, 0.2) is 43.8 Å². The largest absolute Gasteiger partial charge is 0.378 e. The zero-order valence-electron chi connectivity index (χ0n) is 13.0. The molecule has 3 aromatic rings. The van der Waals surface area contributed by atoms with E-state index in [0.717, 1.165) is 0 Å². The first-order valence-electron chi connectivity index (χ1n) is 7.06. The van der Waals surface area contributed by atoms with Gasteiger partial charge in [0.25, 0.3) is 0 Å². The maximum atomic E-state index is 12.6. The van der Waals surface area contributed by atoms with E-state index in [1.165, 1.54) is 22.7 Å². The lowest BCUT2D eigenvalue weighted by Crippen LogP contribution is -2.41. The lowest BCUT2D eigenvalue weighted by Gasteiger charge is -2.26. The van der Waals surface area contributed by atoms with Crippen molar-refractivity contribution in [3.8, 4) is 0 Å². The molecule has 0 spiro atoms. The second kappa shape index (κ2) is 6.41. The van der Waals surface area contributed by atoms with Gasteiger partial charge in [0.05, 0.1) is 0 Å². The Bertz CT molecular complexity index is 859. The second-order valence-electron chi connectivity index (χ2n) is 5.33. The summed E-state index contributed by atoms with van der Waals surface area (Å²) in [5, 5.41) is 20.4.